The van der Waals surface area contributed by atoms with Crippen molar-refractivity contribution in [3.05, 3.63) is 0 Å². The maximum absolute atomic E-state index is 10.4. The molecule has 3 heteroatoms. The van der Waals surface area contributed by atoms with E-state index in [4.69, 9.17) is 5.11 Å². The molecule has 0 aromatic rings. The molecule has 0 aromatic heterocycles. The molecule has 2 fully saturated rings. The van der Waals surface area contributed by atoms with E-state index in [0.29, 0.717) is 6.42 Å². The third-order valence-corrected chi connectivity index (χ3v) is 1.66. The van der Waals surface area contributed by atoms with Crippen molar-refractivity contribution in [3.8, 4) is 0 Å². The van der Waals surface area contributed by atoms with Crippen molar-refractivity contribution in [2.24, 2.45) is 0 Å². The van der Waals surface area contributed by atoms with Gasteiger partial charge in [-0.1, -0.05) is 33.1 Å². The third kappa shape index (κ3) is 7.78. The molecule has 0 unspecified atom stereocenters. The first-order chi connectivity index (χ1) is 6.33. The summed E-state index contributed by atoms with van der Waals surface area (Å²) in [5.74, 6) is 0.0593. The molecule has 1 aliphatic carbocycles. The molecule has 3 nitrogen and oxygen atoms in total. The van der Waals surface area contributed by atoms with Gasteiger partial charge in [0.1, 0.15) is 0 Å². The molecule has 1 atom stereocenters. The van der Waals surface area contributed by atoms with E-state index in [-0.39, 0.29) is 18.6 Å². The number of rotatable bonds is 1. The van der Waals surface area contributed by atoms with Gasteiger partial charge in [0.2, 0.25) is 5.91 Å². The zero-order valence-electron chi connectivity index (χ0n) is 8.68. The number of hydrogen-bond donors (Lipinski definition) is 2. The lowest BCUT2D eigenvalue weighted by Gasteiger charge is -2.01. The predicted octanol–water partition coefficient (Wildman–Crippen LogP) is 1.45. The Morgan fingerprint density at radius 2 is 1.92 bits per heavy atom. The Kier molecular flexibility index (Phi) is 7.69. The minimum absolute atomic E-state index is 0.0301. The molecule has 1 amide bonds. The molecule has 0 radical (unpaired) electrons. The Hall–Kier alpha value is -0.570. The molecular formula is C10H21NO2. The lowest BCUT2D eigenvalue weighted by molar-refractivity contribution is -0.119. The van der Waals surface area contributed by atoms with Gasteiger partial charge in [-0.3, -0.25) is 4.79 Å². The van der Waals surface area contributed by atoms with E-state index in [2.05, 4.69) is 5.32 Å². The molecule has 2 rings (SSSR count). The number of nitrogens with one attached hydrogen (secondary N) is 1. The highest BCUT2D eigenvalue weighted by atomic mass is 16.3. The molecular weight excluding hydrogens is 166 g/mol. The first-order valence-corrected chi connectivity index (χ1v) is 5.23. The zero-order chi connectivity index (χ0) is 10.1. The van der Waals surface area contributed by atoms with Gasteiger partial charge in [-0.15, -0.1) is 0 Å². The summed E-state index contributed by atoms with van der Waals surface area (Å²) >= 11 is 0. The van der Waals surface area contributed by atoms with E-state index < -0.39 is 0 Å². The van der Waals surface area contributed by atoms with Gasteiger partial charge in [0.15, 0.2) is 0 Å². The summed E-state index contributed by atoms with van der Waals surface area (Å²) in [7, 11) is 0. The molecule has 2 N–H and O–H groups in total. The highest BCUT2D eigenvalue weighted by molar-refractivity contribution is 5.78. The topological polar surface area (TPSA) is 49.3 Å². The van der Waals surface area contributed by atoms with Crippen LogP contribution in [0.4, 0.5) is 0 Å². The molecule has 13 heavy (non-hydrogen) atoms. The molecule has 1 saturated heterocycles. The van der Waals surface area contributed by atoms with Gasteiger partial charge in [-0.05, 0) is 6.42 Å². The Labute approximate surface area is 80.5 Å². The fourth-order valence-electron chi connectivity index (χ4n) is 0.814. The number of aliphatic hydroxyl groups excluding tert-OH is 1. The second-order valence-electron chi connectivity index (χ2n) is 3.05. The second kappa shape index (κ2) is 8.05. The van der Waals surface area contributed by atoms with E-state index in [0.717, 1.165) is 6.42 Å². The largest absolute Gasteiger partial charge is 0.394 e. The Morgan fingerprint density at radius 3 is 2.08 bits per heavy atom. The van der Waals surface area contributed by atoms with Crippen LogP contribution in [0, 0.1) is 0 Å². The molecule has 1 aliphatic heterocycles. The minimum Gasteiger partial charge on any atom is -0.394 e. The lowest BCUT2D eigenvalue weighted by Crippen LogP contribution is -2.28. The zero-order valence-corrected chi connectivity index (χ0v) is 8.68. The van der Waals surface area contributed by atoms with Crippen LogP contribution >= 0.6 is 0 Å². The summed E-state index contributed by atoms with van der Waals surface area (Å²) in [5.41, 5.74) is 0. The third-order valence-electron chi connectivity index (χ3n) is 1.66. The van der Waals surface area contributed by atoms with Crippen LogP contribution in [0.2, 0.25) is 0 Å². The van der Waals surface area contributed by atoms with Crippen LogP contribution in [0.15, 0.2) is 0 Å². The molecule has 2 aliphatic rings. The van der Waals surface area contributed by atoms with Crippen molar-refractivity contribution in [2.75, 3.05) is 6.61 Å². The fraction of sp³-hybridized carbons (Fsp3) is 0.900. The van der Waals surface area contributed by atoms with E-state index in [1.165, 1.54) is 19.3 Å². The van der Waals surface area contributed by atoms with Gasteiger partial charge in [0.25, 0.3) is 0 Å². The van der Waals surface area contributed by atoms with E-state index in [9.17, 15) is 4.79 Å². The summed E-state index contributed by atoms with van der Waals surface area (Å²) in [4.78, 5) is 10.4. The van der Waals surface area contributed by atoms with Crippen LogP contribution in [-0.4, -0.2) is 23.7 Å². The average molecular weight is 187 g/mol. The van der Waals surface area contributed by atoms with Crippen LogP contribution in [0.5, 0.6) is 0 Å². The SMILES string of the molecule is C1CC1.CC.O=C1CC[C@@H](CO)N1. The van der Waals surface area contributed by atoms with Gasteiger partial charge in [-0.25, -0.2) is 0 Å². The molecule has 0 spiro atoms. The summed E-state index contributed by atoms with van der Waals surface area (Å²) in [6.45, 7) is 4.08. The summed E-state index contributed by atoms with van der Waals surface area (Å²) in [5, 5.41) is 11.1. The smallest absolute Gasteiger partial charge is 0.220 e. The van der Waals surface area contributed by atoms with E-state index in [1.54, 1.807) is 0 Å². The molecule has 1 saturated carbocycles. The van der Waals surface area contributed by atoms with E-state index in [1.807, 2.05) is 13.8 Å². The second-order valence-corrected chi connectivity index (χ2v) is 3.05. The highest BCUT2D eigenvalue weighted by Gasteiger charge is 2.18. The number of carbonyl (C=O) groups excluding carboxylic acids is 1. The fourth-order valence-corrected chi connectivity index (χ4v) is 0.814. The minimum atomic E-state index is 0.0301. The lowest BCUT2D eigenvalue weighted by atomic mass is 10.2. The number of amides is 1. The molecule has 1 heterocycles. The van der Waals surface area contributed by atoms with Gasteiger partial charge in [0, 0.05) is 6.42 Å². The Balaban J connectivity index is 0.000000239. The van der Waals surface area contributed by atoms with Crippen LogP contribution in [0.25, 0.3) is 0 Å². The summed E-state index contributed by atoms with van der Waals surface area (Å²) in [6.07, 6.45) is 5.86. The number of aliphatic hydroxyl groups is 1. The van der Waals surface area contributed by atoms with Crippen LogP contribution in [0.3, 0.4) is 0 Å². The Bertz CT molecular complexity index is 132. The van der Waals surface area contributed by atoms with Crippen molar-refractivity contribution in [3.63, 3.8) is 0 Å². The molecule has 0 bridgehead atoms. The normalized spacial score (nSPS) is 23.3. The highest BCUT2D eigenvalue weighted by Crippen LogP contribution is 2.14. The van der Waals surface area contributed by atoms with Crippen molar-refractivity contribution in [1.29, 1.82) is 0 Å². The van der Waals surface area contributed by atoms with Crippen molar-refractivity contribution in [2.45, 2.75) is 52.0 Å². The van der Waals surface area contributed by atoms with Crippen LogP contribution in [-0.2, 0) is 4.79 Å². The molecule has 78 valence electrons. The first kappa shape index (κ1) is 12.4. The van der Waals surface area contributed by atoms with Crippen molar-refractivity contribution < 1.29 is 9.90 Å². The predicted molar refractivity (Wildman–Crippen MR) is 53.4 cm³/mol. The molecule has 0 aromatic carbocycles. The van der Waals surface area contributed by atoms with Gasteiger partial charge in [0.05, 0.1) is 12.6 Å². The van der Waals surface area contributed by atoms with Gasteiger partial charge >= 0.3 is 0 Å². The Morgan fingerprint density at radius 1 is 1.38 bits per heavy atom. The van der Waals surface area contributed by atoms with Crippen LogP contribution < -0.4 is 5.32 Å². The van der Waals surface area contributed by atoms with E-state index >= 15 is 0 Å². The van der Waals surface area contributed by atoms with Crippen molar-refractivity contribution in [1.82, 2.24) is 5.32 Å². The summed E-state index contributed by atoms with van der Waals surface area (Å²) < 4.78 is 0. The first-order valence-electron chi connectivity index (χ1n) is 5.23. The number of hydrogen-bond acceptors (Lipinski definition) is 2. The summed E-state index contributed by atoms with van der Waals surface area (Å²) in [6, 6.07) is 0.0301. The quantitative estimate of drug-likeness (QED) is 0.653. The number of carbonyl (C=O) groups is 1. The maximum atomic E-state index is 10.4. The van der Waals surface area contributed by atoms with Gasteiger partial charge in [-0.2, -0.15) is 0 Å². The monoisotopic (exact) mass is 187 g/mol. The van der Waals surface area contributed by atoms with Gasteiger partial charge < -0.3 is 10.4 Å². The average Bonchev–Trinajstić information content (AvgIpc) is 2.99. The maximum Gasteiger partial charge on any atom is 0.220 e. The van der Waals surface area contributed by atoms with Crippen LogP contribution in [0.1, 0.15) is 46.0 Å². The standard InChI is InChI=1S/C5H9NO2.C3H6.C2H6/c7-3-4-1-2-5(8)6-4;1-2-3-1;1-2/h4,7H,1-3H2,(H,6,8);1-3H2;1-2H3/t4-;;/m0../s1. The van der Waals surface area contributed by atoms with Crippen molar-refractivity contribution >= 4 is 5.91 Å².